The summed E-state index contributed by atoms with van der Waals surface area (Å²) in [6.45, 7) is 3.11. The van der Waals surface area contributed by atoms with Crippen molar-refractivity contribution >= 4 is 38.7 Å². The molecule has 1 heterocycles. The number of nitrogens with zero attached hydrogens (tertiary/aromatic N) is 1. The van der Waals surface area contributed by atoms with Crippen molar-refractivity contribution in [2.45, 2.75) is 19.8 Å². The molecule has 1 aromatic carbocycles. The van der Waals surface area contributed by atoms with Gasteiger partial charge in [-0.3, -0.25) is 9.59 Å². The second kappa shape index (κ2) is 7.27. The Morgan fingerprint density at radius 2 is 2.20 bits per heavy atom. The molecule has 5 heteroatoms. The van der Waals surface area contributed by atoms with Crippen LogP contribution in [0.4, 0.5) is 0 Å². The Morgan fingerprint density at radius 1 is 1.45 bits per heavy atom. The minimum absolute atomic E-state index is 0.129. The zero-order valence-corrected chi connectivity index (χ0v) is 13.9. The fourth-order valence-corrected chi connectivity index (χ4v) is 3.55. The molecule has 0 radical (unpaired) electrons. The van der Waals surface area contributed by atoms with Crippen LogP contribution in [0.2, 0.25) is 0 Å². The van der Waals surface area contributed by atoms with Gasteiger partial charge in [0.1, 0.15) is 0 Å². The van der Waals surface area contributed by atoms with Gasteiger partial charge in [-0.15, -0.1) is 0 Å². The Morgan fingerprint density at radius 3 is 2.90 bits per heavy atom. The van der Waals surface area contributed by atoms with Crippen molar-refractivity contribution in [3.63, 3.8) is 0 Å². The number of carbonyl (C=O) groups excluding carboxylic acids is 2. The molecule has 2 rings (SSSR count). The van der Waals surface area contributed by atoms with E-state index in [1.165, 1.54) is 17.3 Å². The van der Waals surface area contributed by atoms with Gasteiger partial charge in [0.05, 0.1) is 0 Å². The number of hydrogen-bond donors (Lipinski definition) is 0. The van der Waals surface area contributed by atoms with Crippen LogP contribution >= 0.6 is 27.7 Å². The molecule has 3 nitrogen and oxygen atoms in total. The van der Waals surface area contributed by atoms with E-state index in [1.807, 2.05) is 23.1 Å². The molecular formula is C15H18BrNO2S. The molecular weight excluding hydrogens is 338 g/mol. The number of hydrogen-bond acceptors (Lipinski definition) is 3. The monoisotopic (exact) mass is 355 g/mol. The van der Waals surface area contributed by atoms with E-state index in [9.17, 15) is 9.59 Å². The highest BCUT2D eigenvalue weighted by Crippen LogP contribution is 2.23. The molecule has 0 spiro atoms. The van der Waals surface area contributed by atoms with Crippen molar-refractivity contribution in [3.05, 3.63) is 34.3 Å². The average Bonchev–Trinajstić information content (AvgIpc) is 2.76. The van der Waals surface area contributed by atoms with Gasteiger partial charge in [0.2, 0.25) is 5.91 Å². The number of amides is 1. The van der Waals surface area contributed by atoms with Crippen molar-refractivity contribution in [3.8, 4) is 0 Å². The maximum atomic E-state index is 12.0. The molecule has 1 atom stereocenters. The smallest absolute Gasteiger partial charge is 0.222 e. The predicted octanol–water partition coefficient (Wildman–Crippen LogP) is 3.12. The van der Waals surface area contributed by atoms with Gasteiger partial charge in [0.15, 0.2) is 5.12 Å². The van der Waals surface area contributed by atoms with Crippen molar-refractivity contribution in [2.24, 2.45) is 5.92 Å². The van der Waals surface area contributed by atoms with Crippen LogP contribution in [0.15, 0.2) is 28.7 Å². The van der Waals surface area contributed by atoms with E-state index in [-0.39, 0.29) is 11.0 Å². The number of carbonyl (C=O) groups is 2. The summed E-state index contributed by atoms with van der Waals surface area (Å²) in [5, 5.41) is 0.129. The van der Waals surface area contributed by atoms with Crippen LogP contribution in [0.3, 0.4) is 0 Å². The van der Waals surface area contributed by atoms with Gasteiger partial charge in [0, 0.05) is 36.7 Å². The topological polar surface area (TPSA) is 37.4 Å². The summed E-state index contributed by atoms with van der Waals surface area (Å²) < 4.78 is 1.09. The lowest BCUT2D eigenvalue weighted by molar-refractivity contribution is -0.127. The second-order valence-electron chi connectivity index (χ2n) is 5.05. The Labute approximate surface area is 132 Å². The molecule has 1 amide bonds. The van der Waals surface area contributed by atoms with E-state index in [1.54, 1.807) is 6.92 Å². The third-order valence-electron chi connectivity index (χ3n) is 3.43. The molecule has 0 saturated carbocycles. The summed E-state index contributed by atoms with van der Waals surface area (Å²) in [5.41, 5.74) is 1.22. The van der Waals surface area contributed by atoms with Gasteiger partial charge in [-0.2, -0.15) is 0 Å². The van der Waals surface area contributed by atoms with Gasteiger partial charge >= 0.3 is 0 Å². The Balaban J connectivity index is 1.83. The molecule has 0 aromatic heterocycles. The predicted molar refractivity (Wildman–Crippen MR) is 85.7 cm³/mol. The zero-order valence-electron chi connectivity index (χ0n) is 11.5. The standard InChI is InChI=1S/C15H18BrNO2S/c1-11(18)20-10-12-8-15(19)17(9-12)7-6-13-4-2-3-5-14(13)16/h2-5,12H,6-10H2,1H3. The van der Waals surface area contributed by atoms with Crippen molar-refractivity contribution in [1.82, 2.24) is 4.90 Å². The first-order valence-corrected chi connectivity index (χ1v) is 8.48. The van der Waals surface area contributed by atoms with Gasteiger partial charge in [-0.1, -0.05) is 45.9 Å². The van der Waals surface area contributed by atoms with Crippen LogP contribution in [0.1, 0.15) is 18.9 Å². The van der Waals surface area contributed by atoms with E-state index < -0.39 is 0 Å². The SMILES string of the molecule is CC(=O)SCC1CC(=O)N(CCc2ccccc2Br)C1. The minimum Gasteiger partial charge on any atom is -0.342 e. The lowest BCUT2D eigenvalue weighted by Crippen LogP contribution is -2.27. The normalized spacial score (nSPS) is 18.6. The molecule has 0 N–H and O–H groups in total. The highest BCUT2D eigenvalue weighted by Gasteiger charge is 2.29. The minimum atomic E-state index is 0.129. The Hall–Kier alpha value is -0.810. The van der Waals surface area contributed by atoms with Crippen LogP contribution in [0, 0.1) is 5.92 Å². The second-order valence-corrected chi connectivity index (χ2v) is 7.11. The molecule has 1 aliphatic rings. The maximum Gasteiger partial charge on any atom is 0.222 e. The average molecular weight is 356 g/mol. The van der Waals surface area contributed by atoms with Gasteiger partial charge in [0.25, 0.3) is 0 Å². The summed E-state index contributed by atoms with van der Waals surface area (Å²) in [4.78, 5) is 24.8. The summed E-state index contributed by atoms with van der Waals surface area (Å²) in [7, 11) is 0. The maximum absolute atomic E-state index is 12.0. The zero-order chi connectivity index (χ0) is 14.5. The third-order valence-corrected chi connectivity index (χ3v) is 5.24. The molecule has 0 aliphatic carbocycles. The van der Waals surface area contributed by atoms with Crippen LogP contribution in [0.5, 0.6) is 0 Å². The van der Waals surface area contributed by atoms with Gasteiger partial charge in [-0.25, -0.2) is 0 Å². The van der Waals surface area contributed by atoms with Crippen LogP contribution in [-0.2, 0) is 16.0 Å². The molecule has 1 aliphatic heterocycles. The van der Waals surface area contributed by atoms with E-state index in [0.717, 1.165) is 29.7 Å². The summed E-state index contributed by atoms with van der Waals surface area (Å²) >= 11 is 4.85. The molecule has 108 valence electrons. The molecule has 1 fully saturated rings. The molecule has 0 bridgehead atoms. The fraction of sp³-hybridized carbons (Fsp3) is 0.467. The molecule has 1 unspecified atom stereocenters. The highest BCUT2D eigenvalue weighted by atomic mass is 79.9. The van der Waals surface area contributed by atoms with Crippen LogP contribution in [0.25, 0.3) is 0 Å². The first-order valence-electron chi connectivity index (χ1n) is 6.71. The van der Waals surface area contributed by atoms with Gasteiger partial charge in [-0.05, 0) is 24.0 Å². The largest absolute Gasteiger partial charge is 0.342 e. The number of rotatable bonds is 5. The fourth-order valence-electron chi connectivity index (χ4n) is 2.37. The first-order chi connectivity index (χ1) is 9.56. The number of benzene rings is 1. The van der Waals surface area contributed by atoms with Crippen molar-refractivity contribution < 1.29 is 9.59 Å². The Bertz CT molecular complexity index is 506. The highest BCUT2D eigenvalue weighted by molar-refractivity contribution is 9.10. The quantitative estimate of drug-likeness (QED) is 0.814. The third kappa shape index (κ3) is 4.35. The lowest BCUT2D eigenvalue weighted by atomic mass is 10.1. The number of halogens is 1. The van der Waals surface area contributed by atoms with E-state index in [0.29, 0.717) is 12.3 Å². The molecule has 20 heavy (non-hydrogen) atoms. The number of thioether (sulfide) groups is 1. The Kier molecular flexibility index (Phi) is 5.66. The molecule has 1 aromatic rings. The summed E-state index contributed by atoms with van der Waals surface area (Å²) in [5.74, 6) is 1.29. The summed E-state index contributed by atoms with van der Waals surface area (Å²) in [6.07, 6.45) is 1.44. The van der Waals surface area contributed by atoms with Gasteiger partial charge < -0.3 is 4.90 Å². The first kappa shape index (κ1) is 15.6. The number of likely N-dealkylation sites (tertiary alicyclic amines) is 1. The van der Waals surface area contributed by atoms with Crippen molar-refractivity contribution in [1.29, 1.82) is 0 Å². The van der Waals surface area contributed by atoms with Crippen molar-refractivity contribution in [2.75, 3.05) is 18.8 Å². The van der Waals surface area contributed by atoms with Crippen LogP contribution in [-0.4, -0.2) is 34.8 Å². The summed E-state index contributed by atoms with van der Waals surface area (Å²) in [6, 6.07) is 8.10. The van der Waals surface area contributed by atoms with E-state index in [2.05, 4.69) is 22.0 Å². The molecule has 1 saturated heterocycles. The van der Waals surface area contributed by atoms with Crippen LogP contribution < -0.4 is 0 Å². The van der Waals surface area contributed by atoms with E-state index >= 15 is 0 Å². The lowest BCUT2D eigenvalue weighted by Gasteiger charge is -2.17. The van der Waals surface area contributed by atoms with E-state index in [4.69, 9.17) is 0 Å².